The van der Waals surface area contributed by atoms with Gasteiger partial charge in [-0.1, -0.05) is 50.5 Å². The number of aromatic nitrogens is 3. The van der Waals surface area contributed by atoms with Crippen LogP contribution in [0, 0.1) is 0 Å². The highest BCUT2D eigenvalue weighted by Gasteiger charge is 2.09. The molecule has 39 heavy (non-hydrogen) atoms. The quantitative estimate of drug-likeness (QED) is 0.207. The molecule has 2 aromatic carbocycles. The largest absolute Gasteiger partial charge is 0.494 e. The molecule has 3 aromatic rings. The van der Waals surface area contributed by atoms with Crippen LogP contribution >= 0.6 is 0 Å². The Morgan fingerprint density at radius 1 is 0.718 bits per heavy atom. The van der Waals surface area contributed by atoms with E-state index in [2.05, 4.69) is 56.8 Å². The number of nitrogens with zero attached hydrogens (tertiary/aromatic N) is 3. The lowest BCUT2D eigenvalue weighted by Gasteiger charge is -2.10. The number of nitrogens with one attached hydrogen (secondary N) is 2. The van der Waals surface area contributed by atoms with Gasteiger partial charge in [0.15, 0.2) is 0 Å². The van der Waals surface area contributed by atoms with Crippen molar-refractivity contribution in [2.24, 2.45) is 0 Å². The van der Waals surface area contributed by atoms with Gasteiger partial charge >= 0.3 is 0 Å². The van der Waals surface area contributed by atoms with Crippen molar-refractivity contribution >= 4 is 23.6 Å². The smallest absolute Gasteiger partial charge is 0.234 e. The third-order valence-corrected chi connectivity index (χ3v) is 5.81. The Labute approximate surface area is 230 Å². The van der Waals surface area contributed by atoms with Crippen LogP contribution in [0.2, 0.25) is 0 Å². The molecular weight excluding hydrogens is 494 g/mol. The van der Waals surface area contributed by atoms with Crippen molar-refractivity contribution in [1.82, 2.24) is 15.0 Å². The molecule has 1 amide bonds. The summed E-state index contributed by atoms with van der Waals surface area (Å²) in [5, 5.41) is 5.67. The maximum absolute atomic E-state index is 11.4. The zero-order chi connectivity index (χ0) is 27.9. The van der Waals surface area contributed by atoms with Crippen LogP contribution in [0.1, 0.15) is 65.1 Å². The second kappa shape index (κ2) is 16.1. The van der Waals surface area contributed by atoms with E-state index in [0.29, 0.717) is 24.9 Å². The van der Waals surface area contributed by atoms with Crippen molar-refractivity contribution in [1.29, 1.82) is 0 Å². The van der Waals surface area contributed by atoms with Gasteiger partial charge in [0.2, 0.25) is 17.8 Å². The number of hydrogen-bond acceptors (Lipinski definition) is 8. The molecule has 0 aliphatic carbocycles. The summed E-state index contributed by atoms with van der Waals surface area (Å²) in [7, 11) is 0. The van der Waals surface area contributed by atoms with Crippen molar-refractivity contribution < 1.29 is 19.1 Å². The molecule has 9 heteroatoms. The molecule has 2 N–H and O–H groups in total. The van der Waals surface area contributed by atoms with E-state index in [9.17, 15) is 9.59 Å². The Morgan fingerprint density at radius 3 is 1.82 bits per heavy atom. The lowest BCUT2D eigenvalue weighted by molar-refractivity contribution is -0.116. The Balaban J connectivity index is 1.38. The standard InChI is InChI=1S/C30H39N5O4/c1-4-5-6-8-19-38-26-14-10-24(11-15-26)25-12-16-27(17-13-25)39-20-9-7-18-31-29-33-28(21-22(2)36)34-30(35-29)32-23(3)37/h10-17H,4-9,18-21H2,1-3H3,(H2,31,32,33,34,35,37). The third-order valence-electron chi connectivity index (χ3n) is 5.81. The van der Waals surface area contributed by atoms with Gasteiger partial charge in [0, 0.05) is 13.5 Å². The summed E-state index contributed by atoms with van der Waals surface area (Å²) in [6.07, 6.45) is 6.54. The fraction of sp³-hybridized carbons (Fsp3) is 0.433. The van der Waals surface area contributed by atoms with Crippen molar-refractivity contribution in [2.45, 2.75) is 65.7 Å². The van der Waals surface area contributed by atoms with Gasteiger partial charge in [-0.25, -0.2) is 0 Å². The van der Waals surface area contributed by atoms with Crippen molar-refractivity contribution in [3.63, 3.8) is 0 Å². The number of unbranched alkanes of at least 4 members (excludes halogenated alkanes) is 4. The maximum Gasteiger partial charge on any atom is 0.234 e. The van der Waals surface area contributed by atoms with Gasteiger partial charge in [-0.05, 0) is 61.6 Å². The molecule has 1 aromatic heterocycles. The normalized spacial score (nSPS) is 10.6. The average Bonchev–Trinajstić information content (AvgIpc) is 2.90. The second-order valence-corrected chi connectivity index (χ2v) is 9.40. The van der Waals surface area contributed by atoms with Gasteiger partial charge < -0.3 is 14.8 Å². The average molecular weight is 534 g/mol. The van der Waals surface area contributed by atoms with E-state index in [0.717, 1.165) is 48.5 Å². The van der Waals surface area contributed by atoms with E-state index < -0.39 is 0 Å². The third kappa shape index (κ3) is 11.1. The molecule has 0 spiro atoms. The number of Topliss-reactive ketones (excluding diaryl/α,β-unsaturated/α-hetero) is 1. The number of rotatable bonds is 17. The lowest BCUT2D eigenvalue weighted by atomic mass is 10.1. The van der Waals surface area contributed by atoms with Crippen LogP contribution in [0.4, 0.5) is 11.9 Å². The molecule has 9 nitrogen and oxygen atoms in total. The molecule has 208 valence electrons. The van der Waals surface area contributed by atoms with Crippen LogP contribution in [0.3, 0.4) is 0 Å². The number of ketones is 1. The van der Waals surface area contributed by atoms with Gasteiger partial charge in [0.05, 0.1) is 19.6 Å². The summed E-state index contributed by atoms with van der Waals surface area (Å²) in [6, 6.07) is 16.3. The summed E-state index contributed by atoms with van der Waals surface area (Å²) in [4.78, 5) is 35.4. The topological polar surface area (TPSA) is 115 Å². The minimum absolute atomic E-state index is 0.0675. The highest BCUT2D eigenvalue weighted by atomic mass is 16.5. The predicted octanol–water partition coefficient (Wildman–Crippen LogP) is 5.86. The van der Waals surface area contributed by atoms with Crippen LogP contribution in [0.25, 0.3) is 11.1 Å². The molecule has 0 radical (unpaired) electrons. The Hall–Kier alpha value is -4.01. The van der Waals surface area contributed by atoms with Crippen LogP contribution in [-0.4, -0.2) is 46.4 Å². The fourth-order valence-corrected chi connectivity index (χ4v) is 3.84. The first kappa shape index (κ1) is 29.5. The van der Waals surface area contributed by atoms with Gasteiger partial charge in [-0.15, -0.1) is 0 Å². The number of anilines is 2. The first-order valence-electron chi connectivity index (χ1n) is 13.6. The molecule has 0 saturated carbocycles. The summed E-state index contributed by atoms with van der Waals surface area (Å²) in [5.74, 6) is 2.15. The number of hydrogen-bond donors (Lipinski definition) is 2. The van der Waals surface area contributed by atoms with Crippen LogP contribution in [0.15, 0.2) is 48.5 Å². The first-order valence-corrected chi connectivity index (χ1v) is 13.6. The highest BCUT2D eigenvalue weighted by Crippen LogP contribution is 2.25. The van der Waals surface area contributed by atoms with Crippen LogP contribution in [0.5, 0.6) is 11.5 Å². The zero-order valence-corrected chi connectivity index (χ0v) is 23.2. The summed E-state index contributed by atoms with van der Waals surface area (Å²) >= 11 is 0. The van der Waals surface area contributed by atoms with E-state index in [-0.39, 0.29) is 24.1 Å². The Kier molecular flexibility index (Phi) is 12.2. The molecule has 0 atom stereocenters. The van der Waals surface area contributed by atoms with Crippen molar-refractivity contribution in [2.75, 3.05) is 30.4 Å². The number of amides is 1. The van der Waals surface area contributed by atoms with Gasteiger partial charge in [-0.2, -0.15) is 15.0 Å². The van der Waals surface area contributed by atoms with Crippen LogP contribution < -0.4 is 20.1 Å². The minimum atomic E-state index is -0.290. The van der Waals surface area contributed by atoms with E-state index in [1.165, 1.54) is 33.1 Å². The van der Waals surface area contributed by atoms with Gasteiger partial charge in [0.1, 0.15) is 23.1 Å². The molecule has 0 saturated heterocycles. The second-order valence-electron chi connectivity index (χ2n) is 9.40. The van der Waals surface area contributed by atoms with Gasteiger partial charge in [-0.3, -0.25) is 14.9 Å². The maximum atomic E-state index is 11.4. The van der Waals surface area contributed by atoms with Crippen LogP contribution in [-0.2, 0) is 16.0 Å². The molecule has 0 aliphatic rings. The summed E-state index contributed by atoms with van der Waals surface area (Å²) in [5.41, 5.74) is 2.26. The first-order chi connectivity index (χ1) is 18.9. The molecule has 3 rings (SSSR count). The highest BCUT2D eigenvalue weighted by molar-refractivity contribution is 5.86. The fourth-order valence-electron chi connectivity index (χ4n) is 3.84. The Bertz CT molecular complexity index is 1150. The molecule has 0 fully saturated rings. The van der Waals surface area contributed by atoms with E-state index in [1.54, 1.807) is 0 Å². The zero-order valence-electron chi connectivity index (χ0n) is 23.2. The van der Waals surface area contributed by atoms with E-state index in [1.807, 2.05) is 24.3 Å². The number of carbonyl (C=O) groups excluding carboxylic acids is 2. The number of carbonyl (C=O) groups is 2. The SMILES string of the molecule is CCCCCCOc1ccc(-c2ccc(OCCCCNc3nc(CC(C)=O)nc(NC(C)=O)n3)cc2)cc1. The predicted molar refractivity (Wildman–Crippen MR) is 153 cm³/mol. The monoisotopic (exact) mass is 533 g/mol. The minimum Gasteiger partial charge on any atom is -0.494 e. The van der Waals surface area contributed by atoms with Crippen molar-refractivity contribution in [3.05, 3.63) is 54.4 Å². The number of benzene rings is 2. The van der Waals surface area contributed by atoms with Crippen molar-refractivity contribution in [3.8, 4) is 22.6 Å². The molecule has 0 unspecified atom stereocenters. The van der Waals surface area contributed by atoms with E-state index >= 15 is 0 Å². The summed E-state index contributed by atoms with van der Waals surface area (Å²) < 4.78 is 11.7. The molecule has 1 heterocycles. The number of ether oxygens (including phenoxy) is 2. The molecule has 0 bridgehead atoms. The summed E-state index contributed by atoms with van der Waals surface area (Å²) in [6.45, 7) is 7.01. The van der Waals surface area contributed by atoms with Gasteiger partial charge in [0.25, 0.3) is 0 Å². The van der Waals surface area contributed by atoms with E-state index in [4.69, 9.17) is 9.47 Å². The molecular formula is C30H39N5O4. The lowest BCUT2D eigenvalue weighted by Crippen LogP contribution is -2.16. The molecule has 0 aliphatic heterocycles. The Morgan fingerprint density at radius 2 is 1.28 bits per heavy atom.